The molecule has 0 radical (unpaired) electrons. The fraction of sp³-hybridized carbons (Fsp3) is 0.571. The zero-order chi connectivity index (χ0) is 13.1. The quantitative estimate of drug-likeness (QED) is 0.856. The lowest BCUT2D eigenvalue weighted by Gasteiger charge is -2.23. The number of rotatable bonds is 5. The number of nitrogens with two attached hydrogens (primary N) is 1. The lowest BCUT2D eigenvalue weighted by atomic mass is 9.85. The maximum atomic E-state index is 5.76. The first-order valence-electron chi connectivity index (χ1n) is 5.85. The molecule has 0 unspecified atom stereocenters. The summed E-state index contributed by atoms with van der Waals surface area (Å²) >= 11 is 0. The third-order valence-corrected chi connectivity index (χ3v) is 3.05. The van der Waals surface area contributed by atoms with E-state index < -0.39 is 0 Å². The summed E-state index contributed by atoms with van der Waals surface area (Å²) in [6, 6.07) is 4.13. The highest BCUT2D eigenvalue weighted by molar-refractivity contribution is 5.47. The van der Waals surface area contributed by atoms with Crippen LogP contribution >= 0.6 is 0 Å². The molecule has 0 aliphatic heterocycles. The van der Waals surface area contributed by atoms with Crippen molar-refractivity contribution in [1.82, 2.24) is 0 Å². The topological polar surface area (TPSA) is 44.5 Å². The third kappa shape index (κ3) is 3.37. The molecular weight excluding hydrogens is 214 g/mol. The van der Waals surface area contributed by atoms with Gasteiger partial charge < -0.3 is 15.2 Å². The summed E-state index contributed by atoms with van der Waals surface area (Å²) in [5.74, 6) is 1.74. The van der Waals surface area contributed by atoms with Crippen molar-refractivity contribution in [1.29, 1.82) is 0 Å². The second kappa shape index (κ2) is 5.41. The Bertz CT molecular complexity index is 361. The molecule has 0 aliphatic carbocycles. The molecule has 0 aromatic heterocycles. The average Bonchev–Trinajstić information content (AvgIpc) is 2.30. The molecule has 96 valence electrons. The van der Waals surface area contributed by atoms with Crippen molar-refractivity contribution in [2.75, 3.05) is 20.8 Å². The first-order chi connectivity index (χ1) is 7.93. The van der Waals surface area contributed by atoms with Gasteiger partial charge in [0.25, 0.3) is 0 Å². The standard InChI is InChI=1S/C14H23NO2/c1-10-12(16-4)6-11(7-13(10)17-5)8-14(2,3)9-15/h6-7H,8-9,15H2,1-5H3. The van der Waals surface area contributed by atoms with Crippen LogP contribution in [0.25, 0.3) is 0 Å². The van der Waals surface area contributed by atoms with Gasteiger partial charge in [-0.05, 0) is 43.0 Å². The molecule has 3 nitrogen and oxygen atoms in total. The Morgan fingerprint density at radius 2 is 1.59 bits per heavy atom. The van der Waals surface area contributed by atoms with Crippen LogP contribution in [0.1, 0.15) is 25.0 Å². The van der Waals surface area contributed by atoms with Crippen molar-refractivity contribution in [3.8, 4) is 11.5 Å². The van der Waals surface area contributed by atoms with Crippen LogP contribution in [0.15, 0.2) is 12.1 Å². The fourth-order valence-corrected chi connectivity index (χ4v) is 1.87. The fourth-order valence-electron chi connectivity index (χ4n) is 1.87. The number of hydrogen-bond acceptors (Lipinski definition) is 3. The third-order valence-electron chi connectivity index (χ3n) is 3.05. The van der Waals surface area contributed by atoms with E-state index in [4.69, 9.17) is 15.2 Å². The predicted molar refractivity (Wildman–Crippen MR) is 70.8 cm³/mol. The van der Waals surface area contributed by atoms with Gasteiger partial charge in [0.05, 0.1) is 14.2 Å². The van der Waals surface area contributed by atoms with Gasteiger partial charge in [-0.3, -0.25) is 0 Å². The van der Waals surface area contributed by atoms with Gasteiger partial charge in [-0.1, -0.05) is 13.8 Å². The molecule has 0 heterocycles. The van der Waals surface area contributed by atoms with Crippen molar-refractivity contribution < 1.29 is 9.47 Å². The van der Waals surface area contributed by atoms with E-state index in [2.05, 4.69) is 26.0 Å². The van der Waals surface area contributed by atoms with Crippen molar-refractivity contribution >= 4 is 0 Å². The van der Waals surface area contributed by atoms with E-state index in [1.54, 1.807) is 14.2 Å². The molecule has 0 saturated carbocycles. The van der Waals surface area contributed by atoms with Gasteiger partial charge in [-0.2, -0.15) is 0 Å². The summed E-state index contributed by atoms with van der Waals surface area (Å²) in [6.07, 6.45) is 0.913. The van der Waals surface area contributed by atoms with Crippen LogP contribution in [-0.2, 0) is 6.42 Å². The van der Waals surface area contributed by atoms with Crippen molar-refractivity contribution in [3.05, 3.63) is 23.3 Å². The van der Waals surface area contributed by atoms with Gasteiger partial charge in [-0.25, -0.2) is 0 Å². The van der Waals surface area contributed by atoms with Gasteiger partial charge >= 0.3 is 0 Å². The second-order valence-corrected chi connectivity index (χ2v) is 5.17. The van der Waals surface area contributed by atoms with E-state index in [9.17, 15) is 0 Å². The van der Waals surface area contributed by atoms with Crippen molar-refractivity contribution in [2.45, 2.75) is 27.2 Å². The van der Waals surface area contributed by atoms with Crippen LogP contribution in [0.5, 0.6) is 11.5 Å². The molecule has 17 heavy (non-hydrogen) atoms. The lowest BCUT2D eigenvalue weighted by molar-refractivity contribution is 0.367. The predicted octanol–water partition coefficient (Wildman–Crippen LogP) is 2.54. The highest BCUT2D eigenvalue weighted by atomic mass is 16.5. The first kappa shape index (κ1) is 13.8. The summed E-state index contributed by atoms with van der Waals surface area (Å²) in [5, 5.41) is 0. The number of benzene rings is 1. The summed E-state index contributed by atoms with van der Waals surface area (Å²) in [5.41, 5.74) is 8.08. The maximum Gasteiger partial charge on any atom is 0.125 e. The first-order valence-corrected chi connectivity index (χ1v) is 5.85. The van der Waals surface area contributed by atoms with E-state index >= 15 is 0 Å². The van der Waals surface area contributed by atoms with Crippen LogP contribution in [0, 0.1) is 12.3 Å². The molecule has 0 aliphatic rings. The monoisotopic (exact) mass is 237 g/mol. The lowest BCUT2D eigenvalue weighted by Crippen LogP contribution is -2.25. The van der Waals surface area contributed by atoms with Crippen LogP contribution in [0.3, 0.4) is 0 Å². The largest absolute Gasteiger partial charge is 0.496 e. The highest BCUT2D eigenvalue weighted by Crippen LogP contribution is 2.32. The molecule has 0 saturated heterocycles. The van der Waals surface area contributed by atoms with E-state index in [1.165, 1.54) is 5.56 Å². The zero-order valence-electron chi connectivity index (χ0n) is 11.5. The van der Waals surface area contributed by atoms with Crippen LogP contribution in [-0.4, -0.2) is 20.8 Å². The van der Waals surface area contributed by atoms with E-state index in [-0.39, 0.29) is 5.41 Å². The Hall–Kier alpha value is -1.22. The SMILES string of the molecule is COc1cc(CC(C)(C)CN)cc(OC)c1C. The molecule has 2 N–H and O–H groups in total. The zero-order valence-corrected chi connectivity index (χ0v) is 11.5. The van der Waals surface area contributed by atoms with Gasteiger partial charge in [0.1, 0.15) is 11.5 Å². The minimum Gasteiger partial charge on any atom is -0.496 e. The Kier molecular flexibility index (Phi) is 4.40. The summed E-state index contributed by atoms with van der Waals surface area (Å²) in [4.78, 5) is 0. The molecule has 3 heteroatoms. The molecule has 1 aromatic carbocycles. The molecule has 1 rings (SSSR count). The molecule has 0 atom stereocenters. The highest BCUT2D eigenvalue weighted by Gasteiger charge is 2.18. The molecule has 0 fully saturated rings. The van der Waals surface area contributed by atoms with Crippen LogP contribution in [0.2, 0.25) is 0 Å². The maximum absolute atomic E-state index is 5.76. The Morgan fingerprint density at radius 1 is 1.12 bits per heavy atom. The van der Waals surface area contributed by atoms with Crippen molar-refractivity contribution in [2.24, 2.45) is 11.1 Å². The Morgan fingerprint density at radius 3 is 1.94 bits per heavy atom. The molecule has 0 spiro atoms. The Balaban J connectivity index is 3.09. The van der Waals surface area contributed by atoms with E-state index in [0.29, 0.717) is 6.54 Å². The minimum atomic E-state index is 0.0886. The van der Waals surface area contributed by atoms with Crippen molar-refractivity contribution in [3.63, 3.8) is 0 Å². The summed E-state index contributed by atoms with van der Waals surface area (Å²) in [7, 11) is 3.36. The normalized spacial score (nSPS) is 11.4. The molecular formula is C14H23NO2. The summed E-state index contributed by atoms with van der Waals surface area (Å²) in [6.45, 7) is 6.97. The Labute approximate surface area is 104 Å². The van der Waals surface area contributed by atoms with Gasteiger partial charge in [0.15, 0.2) is 0 Å². The van der Waals surface area contributed by atoms with Gasteiger partial charge in [0.2, 0.25) is 0 Å². The number of hydrogen-bond donors (Lipinski definition) is 1. The van der Waals surface area contributed by atoms with E-state index in [0.717, 1.165) is 23.5 Å². The number of methoxy groups -OCH3 is 2. The average molecular weight is 237 g/mol. The van der Waals surface area contributed by atoms with Crippen LogP contribution < -0.4 is 15.2 Å². The van der Waals surface area contributed by atoms with Crippen LogP contribution in [0.4, 0.5) is 0 Å². The molecule has 0 amide bonds. The molecule has 0 bridgehead atoms. The van der Waals surface area contributed by atoms with Gasteiger partial charge in [0, 0.05) is 5.56 Å². The minimum absolute atomic E-state index is 0.0886. The molecule has 1 aromatic rings. The summed E-state index contributed by atoms with van der Waals surface area (Å²) < 4.78 is 10.7. The van der Waals surface area contributed by atoms with Gasteiger partial charge in [-0.15, -0.1) is 0 Å². The second-order valence-electron chi connectivity index (χ2n) is 5.17. The smallest absolute Gasteiger partial charge is 0.125 e. The van der Waals surface area contributed by atoms with E-state index in [1.807, 2.05) is 6.92 Å². The number of ether oxygens (including phenoxy) is 2.